The van der Waals surface area contributed by atoms with Gasteiger partial charge in [-0.05, 0) is 52.2 Å². The summed E-state index contributed by atoms with van der Waals surface area (Å²) in [5.74, 6) is 0.0877. The first kappa shape index (κ1) is 22.7. The highest BCUT2D eigenvalue weighted by Gasteiger charge is 2.72. The van der Waals surface area contributed by atoms with Crippen molar-refractivity contribution in [3.05, 3.63) is 46.0 Å². The highest BCUT2D eigenvalue weighted by molar-refractivity contribution is 5.64. The molecule has 1 aromatic carbocycles. The lowest BCUT2D eigenvalue weighted by Crippen LogP contribution is -2.55. The van der Waals surface area contributed by atoms with Gasteiger partial charge in [-0.2, -0.15) is 0 Å². The van der Waals surface area contributed by atoms with Crippen LogP contribution in [0.1, 0.15) is 40.0 Å². The zero-order valence-corrected chi connectivity index (χ0v) is 18.7. The van der Waals surface area contributed by atoms with Gasteiger partial charge in [-0.25, -0.2) is 4.79 Å². The van der Waals surface area contributed by atoms with E-state index in [4.69, 9.17) is 23.7 Å². The molecule has 6 atom stereocenters. The molecule has 3 fully saturated rings. The predicted molar refractivity (Wildman–Crippen MR) is 114 cm³/mol. The third-order valence-electron chi connectivity index (χ3n) is 6.73. The highest BCUT2D eigenvalue weighted by atomic mass is 16.7. The molecule has 0 aromatic heterocycles. The number of carbonyl (C=O) groups is 1. The van der Waals surface area contributed by atoms with Gasteiger partial charge in [0.05, 0.1) is 23.6 Å². The molecule has 0 bridgehead atoms. The molecule has 0 amide bonds. The molecule has 2 aliphatic heterocycles. The fourth-order valence-electron chi connectivity index (χ4n) is 4.95. The third-order valence-corrected chi connectivity index (χ3v) is 6.73. The molecule has 1 aliphatic carbocycles. The molecule has 0 N–H and O–H groups in total. The first-order valence-electron chi connectivity index (χ1n) is 10.8. The molecule has 1 spiro atoms. The molecule has 2 heterocycles. The molecule has 4 rings (SSSR count). The molecule has 0 radical (unpaired) electrons. The largest absolute Gasteiger partial charge is 0.514 e. The van der Waals surface area contributed by atoms with Crippen LogP contribution in [0.5, 0.6) is 5.75 Å². The Bertz CT molecular complexity index is 905. The molecular weight excluding hydrogens is 418 g/mol. The SMILES string of the molecule is CO[C@H]1C(C2(C)OC2CC=C(C)C)[C@]2(CC[C@H]1OC(=O)Oc1ccc([N+](=O)[O-])cc1)CO2. The molecule has 3 aliphatic rings. The molecule has 1 saturated carbocycles. The number of rotatable bonds is 7. The van der Waals surface area contributed by atoms with E-state index < -0.39 is 28.9 Å². The summed E-state index contributed by atoms with van der Waals surface area (Å²) in [7, 11) is 1.61. The summed E-state index contributed by atoms with van der Waals surface area (Å²) >= 11 is 0. The minimum atomic E-state index is -0.875. The zero-order valence-electron chi connectivity index (χ0n) is 18.7. The first-order valence-corrected chi connectivity index (χ1v) is 10.8. The summed E-state index contributed by atoms with van der Waals surface area (Å²) in [6.45, 7) is 6.84. The van der Waals surface area contributed by atoms with Crippen LogP contribution in [0.15, 0.2) is 35.9 Å². The highest BCUT2D eigenvalue weighted by Crippen LogP contribution is 2.59. The topological polar surface area (TPSA) is 113 Å². The lowest BCUT2D eigenvalue weighted by atomic mass is 9.68. The molecule has 2 saturated heterocycles. The maximum Gasteiger partial charge on any atom is 0.514 e. The van der Waals surface area contributed by atoms with Crippen molar-refractivity contribution < 1.29 is 33.4 Å². The fraction of sp³-hybridized carbons (Fsp3) is 0.609. The second-order valence-electron chi connectivity index (χ2n) is 9.14. The van der Waals surface area contributed by atoms with Crippen molar-refractivity contribution in [3.63, 3.8) is 0 Å². The van der Waals surface area contributed by atoms with Crippen molar-refractivity contribution in [1.82, 2.24) is 0 Å². The number of carbonyl (C=O) groups excluding carboxylic acids is 1. The van der Waals surface area contributed by atoms with E-state index in [0.29, 0.717) is 13.0 Å². The molecule has 174 valence electrons. The van der Waals surface area contributed by atoms with Gasteiger partial charge in [0.15, 0.2) is 0 Å². The van der Waals surface area contributed by atoms with E-state index in [1.54, 1.807) is 7.11 Å². The number of nitro groups is 1. The lowest BCUT2D eigenvalue weighted by Gasteiger charge is -2.42. The number of epoxide rings is 2. The number of hydrogen-bond acceptors (Lipinski definition) is 8. The van der Waals surface area contributed by atoms with Gasteiger partial charge in [-0.3, -0.25) is 10.1 Å². The van der Waals surface area contributed by atoms with Crippen LogP contribution in [-0.4, -0.2) is 54.3 Å². The fourth-order valence-corrected chi connectivity index (χ4v) is 4.95. The van der Waals surface area contributed by atoms with E-state index in [1.165, 1.54) is 29.8 Å². The first-order chi connectivity index (χ1) is 15.2. The molecule has 1 aromatic rings. The molecule has 9 heteroatoms. The van der Waals surface area contributed by atoms with Crippen LogP contribution in [0.3, 0.4) is 0 Å². The van der Waals surface area contributed by atoms with Crippen molar-refractivity contribution in [1.29, 1.82) is 0 Å². The third kappa shape index (κ3) is 4.37. The van der Waals surface area contributed by atoms with Gasteiger partial charge in [0, 0.05) is 19.2 Å². The van der Waals surface area contributed by atoms with Gasteiger partial charge in [0.25, 0.3) is 5.69 Å². The van der Waals surface area contributed by atoms with Gasteiger partial charge >= 0.3 is 6.16 Å². The van der Waals surface area contributed by atoms with E-state index in [2.05, 4.69) is 26.8 Å². The Labute approximate surface area is 186 Å². The number of hydrogen-bond donors (Lipinski definition) is 0. The minimum absolute atomic E-state index is 0.0620. The van der Waals surface area contributed by atoms with Gasteiger partial charge in [0.1, 0.15) is 29.2 Å². The van der Waals surface area contributed by atoms with Crippen LogP contribution < -0.4 is 4.74 Å². The standard InChI is InChI=1S/C23H29NO8/c1-14(2)5-10-18-22(3,32-18)20-19(28-4)17(11-12-23(20)13-29-23)31-21(25)30-16-8-6-15(7-9-16)24(26)27/h5-9,17-20H,10-13H2,1-4H3/t17-,18?,19-,20?,22?,23+/m1/s1. The second-order valence-corrected chi connectivity index (χ2v) is 9.14. The van der Waals surface area contributed by atoms with E-state index in [0.717, 1.165) is 12.8 Å². The van der Waals surface area contributed by atoms with E-state index in [9.17, 15) is 14.9 Å². The van der Waals surface area contributed by atoms with Crippen molar-refractivity contribution >= 4 is 11.8 Å². The smallest absolute Gasteiger partial charge is 0.428 e. The zero-order chi connectivity index (χ0) is 23.1. The number of nitrogens with zero attached hydrogens (tertiary/aromatic N) is 1. The summed E-state index contributed by atoms with van der Waals surface area (Å²) in [4.78, 5) is 22.7. The number of methoxy groups -OCH3 is 1. The Morgan fingerprint density at radius 2 is 2.00 bits per heavy atom. The summed E-state index contributed by atoms with van der Waals surface area (Å²) in [6.07, 6.45) is 2.56. The molecule has 9 nitrogen and oxygen atoms in total. The summed E-state index contributed by atoms with van der Waals surface area (Å²) in [6, 6.07) is 5.25. The minimum Gasteiger partial charge on any atom is -0.428 e. The van der Waals surface area contributed by atoms with Crippen LogP contribution >= 0.6 is 0 Å². The number of allylic oxidation sites excluding steroid dienone is 1. The average Bonchev–Trinajstić information content (AvgIpc) is 3.65. The van der Waals surface area contributed by atoms with Gasteiger partial charge in [-0.1, -0.05) is 11.6 Å². The Balaban J connectivity index is 1.44. The number of ether oxygens (including phenoxy) is 5. The number of nitro benzene ring substituents is 1. The maximum atomic E-state index is 12.4. The molecular formula is C23H29NO8. The maximum absolute atomic E-state index is 12.4. The van der Waals surface area contributed by atoms with Crippen LogP contribution in [0, 0.1) is 16.0 Å². The second kappa shape index (κ2) is 8.46. The summed E-state index contributed by atoms with van der Waals surface area (Å²) < 4.78 is 28.8. The Morgan fingerprint density at radius 1 is 1.31 bits per heavy atom. The van der Waals surface area contributed by atoms with Gasteiger partial charge < -0.3 is 23.7 Å². The van der Waals surface area contributed by atoms with E-state index >= 15 is 0 Å². The van der Waals surface area contributed by atoms with Gasteiger partial charge in [0.2, 0.25) is 0 Å². The van der Waals surface area contributed by atoms with Crippen LogP contribution in [0.4, 0.5) is 10.5 Å². The summed E-state index contributed by atoms with van der Waals surface area (Å²) in [5.41, 5.74) is 0.419. The van der Waals surface area contributed by atoms with Crippen LogP contribution in [-0.2, 0) is 18.9 Å². The summed E-state index contributed by atoms with van der Waals surface area (Å²) in [5, 5.41) is 10.8. The van der Waals surface area contributed by atoms with Crippen molar-refractivity contribution in [2.24, 2.45) is 5.92 Å². The number of non-ortho nitro benzene ring substituents is 1. The molecule has 32 heavy (non-hydrogen) atoms. The monoisotopic (exact) mass is 447 g/mol. The van der Waals surface area contributed by atoms with Gasteiger partial charge in [-0.15, -0.1) is 0 Å². The molecule has 3 unspecified atom stereocenters. The Morgan fingerprint density at radius 3 is 2.56 bits per heavy atom. The lowest BCUT2D eigenvalue weighted by molar-refractivity contribution is -0.384. The van der Waals surface area contributed by atoms with Crippen molar-refractivity contribution in [2.75, 3.05) is 13.7 Å². The van der Waals surface area contributed by atoms with Crippen LogP contribution in [0.2, 0.25) is 0 Å². The Kier molecular flexibility index (Phi) is 6.00. The van der Waals surface area contributed by atoms with E-state index in [-0.39, 0.29) is 29.1 Å². The predicted octanol–water partition coefficient (Wildman–Crippen LogP) is 4.19. The number of benzene rings is 1. The van der Waals surface area contributed by atoms with E-state index in [1.807, 2.05) is 0 Å². The average molecular weight is 447 g/mol. The van der Waals surface area contributed by atoms with Crippen molar-refractivity contribution in [3.8, 4) is 5.75 Å². The normalized spacial score (nSPS) is 35.1. The van der Waals surface area contributed by atoms with Crippen molar-refractivity contribution in [2.45, 2.75) is 69.5 Å². The Hall–Kier alpha value is -2.49. The van der Waals surface area contributed by atoms with Crippen LogP contribution in [0.25, 0.3) is 0 Å². The quantitative estimate of drug-likeness (QED) is 0.153.